The number of nitrogens with one attached hydrogen (secondary N) is 1. The van der Waals surface area contributed by atoms with Gasteiger partial charge in [0.1, 0.15) is 27.2 Å². The van der Waals surface area contributed by atoms with Gasteiger partial charge in [0.25, 0.3) is 11.5 Å². The molecule has 198 valence electrons. The highest BCUT2D eigenvalue weighted by Gasteiger charge is 2.32. The van der Waals surface area contributed by atoms with Gasteiger partial charge in [0, 0.05) is 48.2 Å². The number of halogens is 2. The van der Waals surface area contributed by atoms with Crippen molar-refractivity contribution in [3.8, 4) is 11.4 Å². The Morgan fingerprint density at radius 1 is 1.08 bits per heavy atom. The van der Waals surface area contributed by atoms with Gasteiger partial charge in [-0.15, -0.1) is 11.3 Å². The van der Waals surface area contributed by atoms with Crippen LogP contribution in [0.15, 0.2) is 52.2 Å². The number of hydrogen-bond donors (Lipinski definition) is 1. The van der Waals surface area contributed by atoms with Crippen LogP contribution in [0.3, 0.4) is 0 Å². The van der Waals surface area contributed by atoms with Crippen LogP contribution in [0.2, 0.25) is 0 Å². The molecule has 0 atom stereocenters. The van der Waals surface area contributed by atoms with Gasteiger partial charge in [-0.2, -0.15) is 4.31 Å². The minimum Gasteiger partial charge on any atom is -0.336 e. The molecule has 12 heteroatoms. The lowest BCUT2D eigenvalue weighted by Crippen LogP contribution is -2.50. The maximum absolute atomic E-state index is 14.1. The number of H-pyrrole nitrogens is 1. The summed E-state index contributed by atoms with van der Waals surface area (Å²) in [5.74, 6) is -1.88. The van der Waals surface area contributed by atoms with Crippen LogP contribution in [0.5, 0.6) is 0 Å². The fraction of sp³-hybridized carbons (Fsp3) is 0.269. The van der Waals surface area contributed by atoms with Crippen LogP contribution in [0.25, 0.3) is 21.6 Å². The van der Waals surface area contributed by atoms with E-state index in [2.05, 4.69) is 9.97 Å². The Balaban J connectivity index is 1.29. The van der Waals surface area contributed by atoms with Gasteiger partial charge in [-0.3, -0.25) is 9.59 Å². The lowest BCUT2D eigenvalue weighted by Gasteiger charge is -2.34. The van der Waals surface area contributed by atoms with Gasteiger partial charge in [0.15, 0.2) is 0 Å². The summed E-state index contributed by atoms with van der Waals surface area (Å²) in [5.41, 5.74) is 1.86. The molecule has 8 nitrogen and oxygen atoms in total. The Labute approximate surface area is 221 Å². The number of sulfonamides is 1. The van der Waals surface area contributed by atoms with Crippen molar-refractivity contribution in [2.24, 2.45) is 0 Å². The number of nitrogens with zero attached hydrogens (tertiary/aromatic N) is 3. The van der Waals surface area contributed by atoms with E-state index in [1.165, 1.54) is 16.2 Å². The summed E-state index contributed by atoms with van der Waals surface area (Å²) >= 11 is 1.48. The molecule has 0 spiro atoms. The van der Waals surface area contributed by atoms with Crippen molar-refractivity contribution in [2.45, 2.75) is 25.2 Å². The second kappa shape index (κ2) is 10.0. The molecule has 2 aromatic carbocycles. The maximum Gasteiger partial charge on any atom is 0.260 e. The van der Waals surface area contributed by atoms with Crippen molar-refractivity contribution in [1.82, 2.24) is 19.2 Å². The van der Waals surface area contributed by atoms with E-state index in [0.29, 0.717) is 33.2 Å². The molecule has 1 N–H and O–H groups in total. The van der Waals surface area contributed by atoms with Crippen molar-refractivity contribution < 1.29 is 22.0 Å². The van der Waals surface area contributed by atoms with Crippen LogP contribution in [0.1, 0.15) is 27.7 Å². The predicted molar refractivity (Wildman–Crippen MR) is 141 cm³/mol. The van der Waals surface area contributed by atoms with Gasteiger partial charge in [0.05, 0.1) is 5.39 Å². The molecule has 1 fully saturated rings. The molecule has 0 unspecified atom stereocenters. The molecular weight excluding hydrogens is 534 g/mol. The van der Waals surface area contributed by atoms with Crippen LogP contribution in [0.4, 0.5) is 8.78 Å². The lowest BCUT2D eigenvalue weighted by atomic mass is 10.1. The Morgan fingerprint density at radius 2 is 1.76 bits per heavy atom. The molecule has 1 aliphatic heterocycles. The van der Waals surface area contributed by atoms with Gasteiger partial charge in [0.2, 0.25) is 10.0 Å². The number of benzene rings is 2. The summed E-state index contributed by atoms with van der Waals surface area (Å²) in [6.45, 7) is 4.17. The highest BCUT2D eigenvalue weighted by Crippen LogP contribution is 2.29. The quantitative estimate of drug-likeness (QED) is 0.400. The maximum atomic E-state index is 14.1. The number of fused-ring (bicyclic) bond motifs is 1. The highest BCUT2D eigenvalue weighted by molar-refractivity contribution is 7.89. The van der Waals surface area contributed by atoms with Crippen molar-refractivity contribution in [1.29, 1.82) is 0 Å². The second-order valence-corrected chi connectivity index (χ2v) is 12.0. The van der Waals surface area contributed by atoms with Crippen LogP contribution in [-0.2, 0) is 16.4 Å². The zero-order chi connectivity index (χ0) is 27.2. The first kappa shape index (κ1) is 26.1. The van der Waals surface area contributed by atoms with E-state index < -0.39 is 26.6 Å². The van der Waals surface area contributed by atoms with E-state index in [9.17, 15) is 26.8 Å². The van der Waals surface area contributed by atoms with Crippen LogP contribution < -0.4 is 5.56 Å². The smallest absolute Gasteiger partial charge is 0.260 e. The first-order valence-corrected chi connectivity index (χ1v) is 14.2. The van der Waals surface area contributed by atoms with Crippen molar-refractivity contribution in [2.75, 3.05) is 26.2 Å². The van der Waals surface area contributed by atoms with E-state index >= 15 is 0 Å². The molecule has 0 bridgehead atoms. The summed E-state index contributed by atoms with van der Waals surface area (Å²) in [6.07, 6.45) is 0.746. The Hall–Kier alpha value is -3.48. The molecule has 1 aliphatic rings. The molecule has 38 heavy (non-hydrogen) atoms. The monoisotopic (exact) mass is 558 g/mol. The van der Waals surface area contributed by atoms with Crippen molar-refractivity contribution in [3.63, 3.8) is 0 Å². The fourth-order valence-corrected chi connectivity index (χ4v) is 7.23. The van der Waals surface area contributed by atoms with Gasteiger partial charge < -0.3 is 9.88 Å². The SMILES string of the molecule is CCc1c(C)sc2nc(-c3ccc(C(=O)N4CCN(S(=O)(=O)c5ccc(F)cc5F)CC4)cc3)[nH]c(=O)c12. The van der Waals surface area contributed by atoms with E-state index in [1.54, 1.807) is 24.3 Å². The van der Waals surface area contributed by atoms with Crippen molar-refractivity contribution >= 4 is 37.5 Å². The van der Waals surface area contributed by atoms with Crippen LogP contribution in [-0.4, -0.2) is 59.7 Å². The number of aryl methyl sites for hydroxylation is 2. The zero-order valence-corrected chi connectivity index (χ0v) is 22.3. The number of rotatable bonds is 5. The normalized spacial score (nSPS) is 14.8. The molecular formula is C26H24F2N4O4S2. The summed E-state index contributed by atoms with van der Waals surface area (Å²) < 4.78 is 54.0. The molecule has 0 aliphatic carbocycles. The number of aromatic amines is 1. The van der Waals surface area contributed by atoms with E-state index in [-0.39, 0.29) is 37.6 Å². The molecule has 1 amide bonds. The molecule has 5 rings (SSSR count). The van der Waals surface area contributed by atoms with Gasteiger partial charge >= 0.3 is 0 Å². The third-order valence-corrected chi connectivity index (χ3v) is 9.63. The third-order valence-electron chi connectivity index (χ3n) is 6.66. The summed E-state index contributed by atoms with van der Waals surface area (Å²) in [4.78, 5) is 35.9. The molecule has 3 heterocycles. The molecule has 0 radical (unpaired) electrons. The average Bonchev–Trinajstić information content (AvgIpc) is 3.23. The molecule has 0 saturated carbocycles. The van der Waals surface area contributed by atoms with Gasteiger partial charge in [-0.25, -0.2) is 22.2 Å². The molecule has 4 aromatic rings. The predicted octanol–water partition coefficient (Wildman–Crippen LogP) is 3.95. The lowest BCUT2D eigenvalue weighted by molar-refractivity contribution is 0.0697. The standard InChI is InChI=1S/C26H24F2N4O4S2/c1-3-19-15(2)37-25-22(19)24(33)29-23(30-25)16-4-6-17(7-5-16)26(34)31-10-12-32(13-11-31)38(35,36)21-9-8-18(27)14-20(21)28/h4-9,14H,3,10-13H2,1-2H3,(H,29,30,33). The number of carbonyl (C=O) groups is 1. The summed E-state index contributed by atoms with van der Waals surface area (Å²) in [7, 11) is -4.16. The number of aromatic nitrogens is 2. The first-order valence-electron chi connectivity index (χ1n) is 12.0. The molecule has 2 aromatic heterocycles. The van der Waals surface area contributed by atoms with E-state index in [0.717, 1.165) is 33.3 Å². The number of amides is 1. The minimum absolute atomic E-state index is 0.0197. The number of piperazine rings is 1. The van der Waals surface area contributed by atoms with Crippen molar-refractivity contribution in [3.05, 3.63) is 80.5 Å². The van der Waals surface area contributed by atoms with Crippen LogP contribution >= 0.6 is 11.3 Å². The average molecular weight is 559 g/mol. The van der Waals surface area contributed by atoms with Crippen LogP contribution in [0, 0.1) is 18.6 Å². The van der Waals surface area contributed by atoms with Gasteiger partial charge in [-0.05, 0) is 43.2 Å². The van der Waals surface area contributed by atoms with Gasteiger partial charge in [-0.1, -0.05) is 19.1 Å². The van der Waals surface area contributed by atoms with E-state index in [4.69, 9.17) is 0 Å². The molecule has 1 saturated heterocycles. The third kappa shape index (κ3) is 4.63. The Morgan fingerprint density at radius 3 is 2.39 bits per heavy atom. The largest absolute Gasteiger partial charge is 0.336 e. The van der Waals surface area contributed by atoms with E-state index in [1.807, 2.05) is 13.8 Å². The summed E-state index contributed by atoms with van der Waals surface area (Å²) in [6, 6.07) is 9.01. The first-order chi connectivity index (χ1) is 18.1. The topological polar surface area (TPSA) is 103 Å². The minimum atomic E-state index is -4.16. The summed E-state index contributed by atoms with van der Waals surface area (Å²) in [5, 5.41) is 0.619. The number of hydrogen-bond acceptors (Lipinski definition) is 6. The second-order valence-electron chi connectivity index (χ2n) is 8.93. The number of carbonyl (C=O) groups excluding carboxylic acids is 1. The zero-order valence-electron chi connectivity index (χ0n) is 20.6. The highest BCUT2D eigenvalue weighted by atomic mass is 32.2. The number of thiophene rings is 1. The fourth-order valence-electron chi connectivity index (χ4n) is 4.65. The Bertz CT molecular complexity index is 1710. The Kier molecular flexibility index (Phi) is 6.88.